The number of hydrogen-bond donors (Lipinski definition) is 2. The van der Waals surface area contributed by atoms with E-state index in [1.165, 1.54) is 0 Å². The van der Waals surface area contributed by atoms with Crippen LogP contribution in [-0.2, 0) is 10.0 Å². The molecule has 0 unspecified atom stereocenters. The Bertz CT molecular complexity index is 597. The van der Waals surface area contributed by atoms with Crippen molar-refractivity contribution >= 4 is 16.0 Å². The molecule has 0 amide bonds. The van der Waals surface area contributed by atoms with E-state index in [1.54, 1.807) is 0 Å². The number of aromatic carboxylic acids is 1. The lowest BCUT2D eigenvalue weighted by Crippen LogP contribution is -2.46. The maximum atomic E-state index is 13.2. The molecule has 2 rings (SSSR count). The second kappa shape index (κ2) is 5.24. The SMILES string of the molecule is O=C(O)c1ccc(F)cc1S(=O)(=O)N1CCNCC1. The fraction of sp³-hybridized carbons (Fsp3) is 0.364. The molecule has 6 nitrogen and oxygen atoms in total. The predicted octanol–water partition coefficient (Wildman–Crippen LogP) is 0.118. The Morgan fingerprint density at radius 2 is 1.95 bits per heavy atom. The molecule has 1 aromatic rings. The van der Waals surface area contributed by atoms with Crippen LogP contribution in [0.3, 0.4) is 0 Å². The van der Waals surface area contributed by atoms with Crippen LogP contribution in [0.5, 0.6) is 0 Å². The third-order valence-corrected chi connectivity index (χ3v) is 4.81. The average Bonchev–Trinajstić information content (AvgIpc) is 2.39. The van der Waals surface area contributed by atoms with Gasteiger partial charge in [-0.3, -0.25) is 0 Å². The molecule has 19 heavy (non-hydrogen) atoms. The molecular weight excluding hydrogens is 275 g/mol. The second-order valence-corrected chi connectivity index (χ2v) is 6.01. The van der Waals surface area contributed by atoms with Crippen molar-refractivity contribution in [1.82, 2.24) is 9.62 Å². The van der Waals surface area contributed by atoms with Gasteiger partial charge in [0.1, 0.15) is 5.82 Å². The molecule has 1 saturated heterocycles. The van der Waals surface area contributed by atoms with Gasteiger partial charge in [0.15, 0.2) is 0 Å². The van der Waals surface area contributed by atoms with Crippen LogP contribution in [0.25, 0.3) is 0 Å². The molecule has 1 aromatic carbocycles. The molecule has 8 heteroatoms. The molecule has 2 N–H and O–H groups in total. The molecule has 0 saturated carbocycles. The first-order chi connectivity index (χ1) is 8.93. The summed E-state index contributed by atoms with van der Waals surface area (Å²) in [6.07, 6.45) is 0. The van der Waals surface area contributed by atoms with Crippen molar-refractivity contribution in [2.45, 2.75) is 4.90 Å². The van der Waals surface area contributed by atoms with Crippen LogP contribution in [0.4, 0.5) is 4.39 Å². The van der Waals surface area contributed by atoms with Crippen LogP contribution in [0.15, 0.2) is 23.1 Å². The minimum absolute atomic E-state index is 0.234. The van der Waals surface area contributed by atoms with Gasteiger partial charge < -0.3 is 10.4 Å². The number of benzene rings is 1. The number of rotatable bonds is 3. The Labute approximate surface area is 109 Å². The molecule has 1 aliphatic heterocycles. The average molecular weight is 288 g/mol. The van der Waals surface area contributed by atoms with Gasteiger partial charge in [-0.05, 0) is 18.2 Å². The fourth-order valence-electron chi connectivity index (χ4n) is 1.91. The maximum Gasteiger partial charge on any atom is 0.337 e. The molecule has 104 valence electrons. The molecule has 0 atom stereocenters. The van der Waals surface area contributed by atoms with Crippen molar-refractivity contribution in [2.24, 2.45) is 0 Å². The largest absolute Gasteiger partial charge is 0.478 e. The lowest BCUT2D eigenvalue weighted by atomic mass is 10.2. The number of piperazine rings is 1. The quantitative estimate of drug-likeness (QED) is 0.825. The highest BCUT2D eigenvalue weighted by Gasteiger charge is 2.30. The van der Waals surface area contributed by atoms with E-state index in [0.717, 1.165) is 22.5 Å². The molecule has 0 radical (unpaired) electrons. The van der Waals surface area contributed by atoms with E-state index < -0.39 is 32.3 Å². The van der Waals surface area contributed by atoms with Crippen LogP contribution < -0.4 is 5.32 Å². The molecule has 0 aliphatic carbocycles. The van der Waals surface area contributed by atoms with Gasteiger partial charge in [0.05, 0.1) is 10.5 Å². The van der Waals surface area contributed by atoms with Crippen molar-refractivity contribution in [3.8, 4) is 0 Å². The van der Waals surface area contributed by atoms with E-state index in [1.807, 2.05) is 0 Å². The smallest absolute Gasteiger partial charge is 0.337 e. The van der Waals surface area contributed by atoms with E-state index in [2.05, 4.69) is 5.32 Å². The van der Waals surface area contributed by atoms with Gasteiger partial charge in [0, 0.05) is 26.2 Å². The summed E-state index contributed by atoms with van der Waals surface area (Å²) >= 11 is 0. The van der Waals surface area contributed by atoms with Crippen molar-refractivity contribution in [1.29, 1.82) is 0 Å². The van der Waals surface area contributed by atoms with Gasteiger partial charge in [-0.15, -0.1) is 0 Å². The molecule has 1 aliphatic rings. The summed E-state index contributed by atoms with van der Waals surface area (Å²) in [6.45, 7) is 1.43. The first kappa shape index (κ1) is 13.9. The standard InChI is InChI=1S/C11H13FN2O4S/c12-8-1-2-9(11(15)16)10(7-8)19(17,18)14-5-3-13-4-6-14/h1-2,7,13H,3-6H2,(H,15,16). The van der Waals surface area contributed by atoms with Crippen LogP contribution in [0, 0.1) is 5.82 Å². The van der Waals surface area contributed by atoms with Gasteiger partial charge in [-0.25, -0.2) is 17.6 Å². The summed E-state index contributed by atoms with van der Waals surface area (Å²) in [5.41, 5.74) is -0.417. The summed E-state index contributed by atoms with van der Waals surface area (Å²) in [5, 5.41) is 12.0. The van der Waals surface area contributed by atoms with Crippen molar-refractivity contribution in [3.63, 3.8) is 0 Å². The minimum Gasteiger partial charge on any atom is -0.478 e. The zero-order valence-corrected chi connectivity index (χ0v) is 10.8. The number of nitrogens with zero attached hydrogens (tertiary/aromatic N) is 1. The topological polar surface area (TPSA) is 86.7 Å². The lowest BCUT2D eigenvalue weighted by Gasteiger charge is -2.27. The molecule has 1 heterocycles. The molecule has 0 bridgehead atoms. The maximum absolute atomic E-state index is 13.2. The van der Waals surface area contributed by atoms with Crippen LogP contribution in [-0.4, -0.2) is 50.0 Å². The van der Waals surface area contributed by atoms with Gasteiger partial charge >= 0.3 is 5.97 Å². The van der Waals surface area contributed by atoms with Gasteiger partial charge in [-0.1, -0.05) is 0 Å². The Balaban J connectivity index is 2.49. The molecular formula is C11H13FN2O4S. The van der Waals surface area contributed by atoms with E-state index in [0.29, 0.717) is 13.1 Å². The van der Waals surface area contributed by atoms with Gasteiger partial charge in [0.25, 0.3) is 0 Å². The number of carboxylic acid groups (broad SMARTS) is 1. The van der Waals surface area contributed by atoms with Gasteiger partial charge in [0.2, 0.25) is 10.0 Å². The van der Waals surface area contributed by atoms with E-state index in [4.69, 9.17) is 5.11 Å². The summed E-state index contributed by atoms with van der Waals surface area (Å²) in [4.78, 5) is 10.5. The number of hydrogen-bond acceptors (Lipinski definition) is 4. The molecule has 0 spiro atoms. The van der Waals surface area contributed by atoms with Crippen molar-refractivity contribution < 1.29 is 22.7 Å². The highest BCUT2D eigenvalue weighted by molar-refractivity contribution is 7.89. The number of carbonyl (C=O) groups is 1. The van der Waals surface area contributed by atoms with Crippen molar-refractivity contribution in [2.75, 3.05) is 26.2 Å². The number of sulfonamides is 1. The summed E-state index contributed by atoms with van der Waals surface area (Å²) < 4.78 is 39.0. The Morgan fingerprint density at radius 3 is 2.53 bits per heavy atom. The molecule has 1 fully saturated rings. The number of nitrogens with one attached hydrogen (secondary N) is 1. The monoisotopic (exact) mass is 288 g/mol. The predicted molar refractivity (Wildman–Crippen MR) is 65.0 cm³/mol. The van der Waals surface area contributed by atoms with E-state index in [-0.39, 0.29) is 13.1 Å². The van der Waals surface area contributed by atoms with Crippen LogP contribution in [0.1, 0.15) is 10.4 Å². The summed E-state index contributed by atoms with van der Waals surface area (Å²) in [6, 6.07) is 2.65. The Kier molecular flexibility index (Phi) is 3.83. The summed E-state index contributed by atoms with van der Waals surface area (Å²) in [7, 11) is -3.99. The minimum atomic E-state index is -3.99. The molecule has 0 aromatic heterocycles. The fourth-order valence-corrected chi connectivity index (χ4v) is 3.55. The van der Waals surface area contributed by atoms with Crippen LogP contribution >= 0.6 is 0 Å². The first-order valence-corrected chi connectivity index (χ1v) is 7.10. The zero-order chi connectivity index (χ0) is 14.0. The highest BCUT2D eigenvalue weighted by atomic mass is 32.2. The van der Waals surface area contributed by atoms with Crippen molar-refractivity contribution in [3.05, 3.63) is 29.6 Å². The highest BCUT2D eigenvalue weighted by Crippen LogP contribution is 2.22. The first-order valence-electron chi connectivity index (χ1n) is 5.66. The zero-order valence-electron chi connectivity index (χ0n) is 9.97. The van der Waals surface area contributed by atoms with Crippen LogP contribution in [0.2, 0.25) is 0 Å². The van der Waals surface area contributed by atoms with E-state index in [9.17, 15) is 17.6 Å². The number of halogens is 1. The third-order valence-electron chi connectivity index (χ3n) is 2.87. The number of carboxylic acids is 1. The van der Waals surface area contributed by atoms with E-state index >= 15 is 0 Å². The lowest BCUT2D eigenvalue weighted by molar-refractivity contribution is 0.0692. The second-order valence-electron chi connectivity index (χ2n) is 4.10. The Morgan fingerprint density at radius 1 is 1.32 bits per heavy atom. The summed E-state index contributed by atoms with van der Waals surface area (Å²) in [5.74, 6) is -2.17. The third kappa shape index (κ3) is 2.75. The Hall–Kier alpha value is -1.51. The normalized spacial score (nSPS) is 17.3. The van der Waals surface area contributed by atoms with Gasteiger partial charge in [-0.2, -0.15) is 4.31 Å².